The maximum Gasteiger partial charge on any atom is 0.325 e. The number of hydrogen-bond acceptors (Lipinski definition) is 3. The van der Waals surface area contributed by atoms with Gasteiger partial charge in [-0.3, -0.25) is 4.79 Å². The van der Waals surface area contributed by atoms with E-state index in [-0.39, 0.29) is 12.5 Å². The predicted octanol–water partition coefficient (Wildman–Crippen LogP) is 4.76. The van der Waals surface area contributed by atoms with Crippen molar-refractivity contribution in [2.45, 2.75) is 13.0 Å². The fraction of sp³-hybridized carbons (Fsp3) is 0.176. The third-order valence-electron chi connectivity index (χ3n) is 3.66. The van der Waals surface area contributed by atoms with Crippen molar-refractivity contribution in [3.63, 3.8) is 0 Å². The van der Waals surface area contributed by atoms with E-state index >= 15 is 0 Å². The number of esters is 1. The van der Waals surface area contributed by atoms with Crippen molar-refractivity contribution in [3.8, 4) is 0 Å². The van der Waals surface area contributed by atoms with Gasteiger partial charge in [-0.2, -0.15) is 0 Å². The summed E-state index contributed by atoms with van der Waals surface area (Å²) in [4.78, 5) is 16.4. The molecule has 0 fully saturated rings. The van der Waals surface area contributed by atoms with Gasteiger partial charge in [0.15, 0.2) is 0 Å². The Balaban J connectivity index is 2.08. The van der Waals surface area contributed by atoms with E-state index in [0.717, 1.165) is 16.9 Å². The second kappa shape index (κ2) is 7.01. The van der Waals surface area contributed by atoms with E-state index < -0.39 is 0 Å². The summed E-state index contributed by atoms with van der Waals surface area (Å²) >= 11 is 18.1. The van der Waals surface area contributed by atoms with Crippen LogP contribution in [0.5, 0.6) is 0 Å². The number of imidazole rings is 1. The van der Waals surface area contributed by atoms with E-state index in [2.05, 4.69) is 4.98 Å². The monoisotopic (exact) mass is 382 g/mol. The molecule has 2 aromatic carbocycles. The number of benzene rings is 2. The lowest BCUT2D eigenvalue weighted by Gasteiger charge is -2.08. The minimum absolute atomic E-state index is 0.0495. The second-order valence-electron chi connectivity index (χ2n) is 5.25. The molecule has 0 saturated carbocycles. The average molecular weight is 384 g/mol. The van der Waals surface area contributed by atoms with E-state index in [1.165, 1.54) is 7.11 Å². The Morgan fingerprint density at radius 3 is 2.46 bits per heavy atom. The first-order valence-corrected chi connectivity index (χ1v) is 8.26. The van der Waals surface area contributed by atoms with Gasteiger partial charge in [0.25, 0.3) is 0 Å². The van der Waals surface area contributed by atoms with Crippen LogP contribution in [-0.2, 0) is 22.5 Å². The molecule has 0 saturated heterocycles. The van der Waals surface area contributed by atoms with Gasteiger partial charge in [0.1, 0.15) is 12.4 Å². The summed E-state index contributed by atoms with van der Waals surface area (Å²) < 4.78 is 6.57. The zero-order valence-electron chi connectivity index (χ0n) is 12.7. The van der Waals surface area contributed by atoms with Crippen molar-refractivity contribution in [2.75, 3.05) is 7.11 Å². The topological polar surface area (TPSA) is 44.1 Å². The summed E-state index contributed by atoms with van der Waals surface area (Å²) in [5, 5.41) is 1.50. The number of ether oxygens (including phenoxy) is 1. The zero-order chi connectivity index (χ0) is 17.3. The van der Waals surface area contributed by atoms with Crippen molar-refractivity contribution >= 4 is 51.8 Å². The highest BCUT2D eigenvalue weighted by Crippen LogP contribution is 2.29. The molecule has 0 bridgehead atoms. The highest BCUT2D eigenvalue weighted by Gasteiger charge is 2.16. The largest absolute Gasteiger partial charge is 0.468 e. The van der Waals surface area contributed by atoms with Gasteiger partial charge in [-0.1, -0.05) is 46.9 Å². The van der Waals surface area contributed by atoms with Crippen molar-refractivity contribution in [2.24, 2.45) is 0 Å². The average Bonchev–Trinajstić information content (AvgIpc) is 2.87. The maximum absolute atomic E-state index is 11.8. The first-order valence-electron chi connectivity index (χ1n) is 7.13. The number of aromatic nitrogens is 2. The van der Waals surface area contributed by atoms with Crippen molar-refractivity contribution in [1.82, 2.24) is 9.55 Å². The predicted molar refractivity (Wildman–Crippen MR) is 96.0 cm³/mol. The van der Waals surface area contributed by atoms with E-state index in [4.69, 9.17) is 39.5 Å². The number of methoxy groups -OCH3 is 1. The molecule has 3 rings (SSSR count). The van der Waals surface area contributed by atoms with Crippen LogP contribution in [0, 0.1) is 0 Å². The Morgan fingerprint density at radius 2 is 1.79 bits per heavy atom. The fourth-order valence-electron chi connectivity index (χ4n) is 2.46. The molecule has 7 heteroatoms. The molecule has 124 valence electrons. The number of fused-ring (bicyclic) bond motifs is 1. The van der Waals surface area contributed by atoms with Gasteiger partial charge in [-0.15, -0.1) is 0 Å². The van der Waals surface area contributed by atoms with Crippen LogP contribution in [0.2, 0.25) is 15.1 Å². The lowest BCUT2D eigenvalue weighted by Crippen LogP contribution is -2.14. The highest BCUT2D eigenvalue weighted by atomic mass is 35.5. The van der Waals surface area contributed by atoms with Crippen LogP contribution in [0.1, 0.15) is 11.4 Å². The summed E-state index contributed by atoms with van der Waals surface area (Å²) in [7, 11) is 1.35. The summed E-state index contributed by atoms with van der Waals surface area (Å²) in [5.74, 6) is 0.355. The number of hydrogen-bond donors (Lipinski definition) is 0. The highest BCUT2D eigenvalue weighted by molar-refractivity contribution is 6.42. The first kappa shape index (κ1) is 17.1. The minimum atomic E-state index is -0.363. The number of nitrogens with zero attached hydrogens (tertiary/aromatic N) is 2. The summed E-state index contributed by atoms with van der Waals surface area (Å²) in [6.45, 7) is 0.0495. The van der Waals surface area contributed by atoms with Crippen LogP contribution in [-0.4, -0.2) is 22.6 Å². The Kier molecular flexibility index (Phi) is 4.99. The molecular formula is C17H13Cl3N2O2. The van der Waals surface area contributed by atoms with Crippen molar-refractivity contribution in [1.29, 1.82) is 0 Å². The van der Waals surface area contributed by atoms with Crippen LogP contribution < -0.4 is 0 Å². The van der Waals surface area contributed by atoms with Crippen LogP contribution >= 0.6 is 34.8 Å². The molecule has 1 aromatic heterocycles. The number of carbonyl (C=O) groups excluding carboxylic acids is 1. The molecular weight excluding hydrogens is 371 g/mol. The molecule has 1 heterocycles. The molecule has 0 aliphatic carbocycles. The van der Waals surface area contributed by atoms with Gasteiger partial charge in [-0.25, -0.2) is 4.98 Å². The summed E-state index contributed by atoms with van der Waals surface area (Å²) in [6, 6.07) is 10.9. The molecule has 0 radical (unpaired) electrons. The number of carbonyl (C=O) groups is 1. The van der Waals surface area contributed by atoms with E-state index in [9.17, 15) is 4.79 Å². The van der Waals surface area contributed by atoms with Gasteiger partial charge in [0, 0.05) is 11.4 Å². The second-order valence-corrected chi connectivity index (χ2v) is 6.50. The molecule has 4 nitrogen and oxygen atoms in total. The number of rotatable bonds is 4. The lowest BCUT2D eigenvalue weighted by atomic mass is 10.1. The lowest BCUT2D eigenvalue weighted by molar-refractivity contribution is -0.141. The molecule has 0 atom stereocenters. The van der Waals surface area contributed by atoms with E-state index in [1.807, 2.05) is 24.3 Å². The van der Waals surface area contributed by atoms with E-state index in [1.54, 1.807) is 16.7 Å². The fourth-order valence-corrected chi connectivity index (χ4v) is 2.90. The molecule has 24 heavy (non-hydrogen) atoms. The standard InChI is InChI=1S/C17H13Cl3N2O2/c1-24-17(23)9-22-15-8-13(20)12(19)7-14(15)21-16(22)6-10-2-4-11(18)5-3-10/h2-5,7-8H,6,9H2,1H3. The normalized spacial score (nSPS) is 11.0. The number of halogens is 3. The molecule has 0 amide bonds. The van der Waals surface area contributed by atoms with Crippen molar-refractivity contribution < 1.29 is 9.53 Å². The Hall–Kier alpha value is -1.75. The van der Waals surface area contributed by atoms with Crippen LogP contribution in [0.15, 0.2) is 36.4 Å². The first-order chi connectivity index (χ1) is 11.5. The Labute approximate surface area is 153 Å². The summed E-state index contributed by atoms with van der Waals surface area (Å²) in [6.07, 6.45) is 0.540. The van der Waals surface area contributed by atoms with Crippen LogP contribution in [0.4, 0.5) is 0 Å². The third kappa shape index (κ3) is 3.51. The van der Waals surface area contributed by atoms with Gasteiger partial charge in [-0.05, 0) is 29.8 Å². The quantitative estimate of drug-likeness (QED) is 0.610. The Morgan fingerprint density at radius 1 is 1.12 bits per heavy atom. The maximum atomic E-state index is 11.8. The van der Waals surface area contributed by atoms with Crippen LogP contribution in [0.3, 0.4) is 0 Å². The van der Waals surface area contributed by atoms with Gasteiger partial charge in [0.05, 0.1) is 28.2 Å². The molecule has 3 aromatic rings. The smallest absolute Gasteiger partial charge is 0.325 e. The Bertz CT molecular complexity index is 904. The van der Waals surface area contributed by atoms with Crippen LogP contribution in [0.25, 0.3) is 11.0 Å². The van der Waals surface area contributed by atoms with E-state index in [0.29, 0.717) is 27.0 Å². The molecule has 0 spiro atoms. The molecule has 0 N–H and O–H groups in total. The van der Waals surface area contributed by atoms with Gasteiger partial charge < -0.3 is 9.30 Å². The SMILES string of the molecule is COC(=O)Cn1c(Cc2ccc(Cl)cc2)nc2cc(Cl)c(Cl)cc21. The van der Waals surface area contributed by atoms with Gasteiger partial charge >= 0.3 is 5.97 Å². The summed E-state index contributed by atoms with van der Waals surface area (Å²) in [5.41, 5.74) is 2.44. The molecule has 0 aliphatic heterocycles. The molecule has 0 aliphatic rings. The van der Waals surface area contributed by atoms with Gasteiger partial charge in [0.2, 0.25) is 0 Å². The zero-order valence-corrected chi connectivity index (χ0v) is 15.0. The van der Waals surface area contributed by atoms with Crippen molar-refractivity contribution in [3.05, 3.63) is 62.9 Å². The minimum Gasteiger partial charge on any atom is -0.468 e. The third-order valence-corrected chi connectivity index (χ3v) is 4.63. The molecule has 0 unspecified atom stereocenters.